The van der Waals surface area contributed by atoms with Gasteiger partial charge in [0.15, 0.2) is 23.0 Å². The van der Waals surface area contributed by atoms with E-state index in [1.54, 1.807) is 0 Å². The van der Waals surface area contributed by atoms with Crippen LogP contribution in [0.15, 0.2) is 45.5 Å². The van der Waals surface area contributed by atoms with Gasteiger partial charge in [-0.3, -0.25) is 0 Å². The first-order chi connectivity index (χ1) is 16.8. The molecule has 2 atom stereocenters. The molecule has 0 bridgehead atoms. The summed E-state index contributed by atoms with van der Waals surface area (Å²) in [5, 5.41) is 13.4. The predicted molar refractivity (Wildman–Crippen MR) is 127 cm³/mol. The van der Waals surface area contributed by atoms with Gasteiger partial charge in [0.2, 0.25) is 0 Å². The largest absolute Gasteiger partial charge is 0.484 e. The Morgan fingerprint density at radius 2 is 1.92 bits per heavy atom. The Kier molecular flexibility index (Phi) is 7.70. The summed E-state index contributed by atoms with van der Waals surface area (Å²) in [4.78, 5) is 8.07. The maximum absolute atomic E-state index is 14.9. The highest BCUT2D eigenvalue weighted by molar-refractivity contribution is 7.95. The summed E-state index contributed by atoms with van der Waals surface area (Å²) < 4.78 is 65.7. The van der Waals surface area contributed by atoms with Crippen molar-refractivity contribution in [3.05, 3.63) is 48.0 Å². The Bertz CT molecular complexity index is 1390. The summed E-state index contributed by atoms with van der Waals surface area (Å²) in [6.07, 6.45) is -0.165. The van der Waals surface area contributed by atoms with Crippen LogP contribution >= 0.6 is 0 Å². The maximum atomic E-state index is 14.9. The second-order valence-electron chi connectivity index (χ2n) is 8.72. The lowest BCUT2D eigenvalue weighted by Crippen LogP contribution is -2.46. The van der Waals surface area contributed by atoms with Crippen LogP contribution in [-0.4, -0.2) is 49.9 Å². The maximum Gasteiger partial charge on any atom is 0.272 e. The molecule has 0 fully saturated rings. The van der Waals surface area contributed by atoms with Crippen LogP contribution in [0.25, 0.3) is 22.8 Å². The Morgan fingerprint density at radius 1 is 1.25 bits per heavy atom. The van der Waals surface area contributed by atoms with Crippen LogP contribution in [0.3, 0.4) is 0 Å². The second kappa shape index (κ2) is 10.2. The van der Waals surface area contributed by atoms with E-state index in [0.29, 0.717) is 5.56 Å². The fraction of sp³-hybridized carbons (Fsp3) is 0.391. The third-order valence-corrected chi connectivity index (χ3v) is 8.73. The Hall–Kier alpha value is -3.50. The first-order valence-electron chi connectivity index (χ1n) is 10.6. The molecule has 2 heterocycles. The van der Waals surface area contributed by atoms with Gasteiger partial charge in [-0.05, 0) is 39.0 Å². The smallest absolute Gasteiger partial charge is 0.272 e. The molecule has 2 N–H and O–H groups in total. The average molecular weight is 523 g/mol. The third kappa shape index (κ3) is 5.66. The number of ether oxygens (including phenoxy) is 1. The minimum absolute atomic E-state index is 0.0554. The minimum atomic E-state index is -3.13. The van der Waals surface area contributed by atoms with E-state index in [2.05, 4.69) is 19.5 Å². The SMILES string of the molecule is CN=S(=O)(C[C@](C)(N)c1cc(-c2cc(-c3ncc(OCC(F)F)cn3)no2)ccc1F)C(C)(C)C#N. The van der Waals surface area contributed by atoms with Crippen molar-refractivity contribution in [2.24, 2.45) is 10.1 Å². The number of halogens is 3. The van der Waals surface area contributed by atoms with Gasteiger partial charge in [0.25, 0.3) is 6.43 Å². The van der Waals surface area contributed by atoms with Crippen LogP contribution in [0.1, 0.15) is 26.3 Å². The van der Waals surface area contributed by atoms with Crippen molar-refractivity contribution in [1.82, 2.24) is 15.1 Å². The van der Waals surface area contributed by atoms with E-state index in [0.717, 1.165) is 0 Å². The monoisotopic (exact) mass is 522 g/mol. The first-order valence-corrected chi connectivity index (χ1v) is 12.3. The van der Waals surface area contributed by atoms with Crippen molar-refractivity contribution in [3.8, 4) is 34.7 Å². The molecule has 1 unspecified atom stereocenters. The second-order valence-corrected chi connectivity index (χ2v) is 11.7. The van der Waals surface area contributed by atoms with E-state index >= 15 is 0 Å². The van der Waals surface area contributed by atoms with Crippen LogP contribution in [-0.2, 0) is 15.3 Å². The van der Waals surface area contributed by atoms with Crippen LogP contribution in [0, 0.1) is 17.1 Å². The van der Waals surface area contributed by atoms with Crippen LogP contribution in [0.4, 0.5) is 13.2 Å². The zero-order valence-electron chi connectivity index (χ0n) is 20.0. The molecule has 0 aliphatic rings. The summed E-state index contributed by atoms with van der Waals surface area (Å²) in [7, 11) is -1.78. The van der Waals surface area contributed by atoms with Gasteiger partial charge in [0, 0.05) is 24.2 Å². The lowest BCUT2D eigenvalue weighted by atomic mass is 9.92. The fourth-order valence-corrected chi connectivity index (χ4v) is 5.40. The standard InChI is InChI=1S/C23H25F3N6O3S/c1-22(2,12-27)36(33,29-4)13-23(3,28)16-7-14(5-6-17(16)24)19-8-18(32-35-19)21-30-9-15(10-31-21)34-11-20(25)26/h5-10,20H,11,13,28H2,1-4H3/t23-,36?/m0/s1. The molecular formula is C23H25F3N6O3S. The van der Waals surface area contributed by atoms with Crippen molar-refractivity contribution < 1.29 is 26.6 Å². The van der Waals surface area contributed by atoms with E-state index in [9.17, 15) is 22.6 Å². The van der Waals surface area contributed by atoms with Crippen molar-refractivity contribution in [2.75, 3.05) is 19.4 Å². The molecule has 0 saturated carbocycles. The van der Waals surface area contributed by atoms with Crippen molar-refractivity contribution in [2.45, 2.75) is 37.5 Å². The molecule has 3 rings (SSSR count). The van der Waals surface area contributed by atoms with Gasteiger partial charge in [-0.25, -0.2) is 31.7 Å². The number of benzene rings is 1. The van der Waals surface area contributed by atoms with Crippen molar-refractivity contribution >= 4 is 9.73 Å². The molecule has 36 heavy (non-hydrogen) atoms. The van der Waals surface area contributed by atoms with Gasteiger partial charge in [-0.2, -0.15) is 5.26 Å². The van der Waals surface area contributed by atoms with Gasteiger partial charge in [0.05, 0.1) is 39.5 Å². The minimum Gasteiger partial charge on any atom is -0.484 e. The predicted octanol–water partition coefficient (Wildman–Crippen LogP) is 4.16. The molecule has 0 aliphatic carbocycles. The summed E-state index contributed by atoms with van der Waals surface area (Å²) in [5.41, 5.74) is 5.73. The molecule has 13 heteroatoms. The van der Waals surface area contributed by atoms with Crippen LogP contribution in [0.5, 0.6) is 5.75 Å². The van der Waals surface area contributed by atoms with Crippen LogP contribution < -0.4 is 10.5 Å². The van der Waals surface area contributed by atoms with Gasteiger partial charge >= 0.3 is 0 Å². The van der Waals surface area contributed by atoms with Gasteiger partial charge in [-0.1, -0.05) is 5.16 Å². The molecule has 0 spiro atoms. The Labute approximate surface area is 206 Å². The number of alkyl halides is 2. The van der Waals surface area contributed by atoms with E-state index < -0.39 is 38.9 Å². The molecule has 0 radical (unpaired) electrons. The number of nitriles is 1. The van der Waals surface area contributed by atoms with E-state index in [1.807, 2.05) is 6.07 Å². The van der Waals surface area contributed by atoms with Crippen LogP contribution in [0.2, 0.25) is 0 Å². The number of hydrogen-bond acceptors (Lipinski definition) is 9. The summed E-state index contributed by atoms with van der Waals surface area (Å²) in [5.74, 6) is -0.403. The van der Waals surface area contributed by atoms with E-state index in [-0.39, 0.29) is 34.3 Å². The highest BCUT2D eigenvalue weighted by atomic mass is 32.2. The fourth-order valence-electron chi connectivity index (χ4n) is 3.34. The molecule has 9 nitrogen and oxygen atoms in total. The topological polar surface area (TPSA) is 140 Å². The number of aromatic nitrogens is 3. The van der Waals surface area contributed by atoms with Crippen molar-refractivity contribution in [1.29, 1.82) is 5.26 Å². The quantitative estimate of drug-likeness (QED) is 0.442. The molecule has 3 aromatic rings. The zero-order chi connectivity index (χ0) is 26.7. The first kappa shape index (κ1) is 27.1. The van der Waals surface area contributed by atoms with E-state index in [4.69, 9.17) is 15.0 Å². The molecule has 1 aromatic carbocycles. The molecule has 0 aliphatic heterocycles. The number of nitrogens with two attached hydrogens (primary N) is 1. The highest BCUT2D eigenvalue weighted by Crippen LogP contribution is 2.33. The van der Waals surface area contributed by atoms with Crippen molar-refractivity contribution in [3.63, 3.8) is 0 Å². The summed E-state index contributed by atoms with van der Waals surface area (Å²) >= 11 is 0. The molecule has 0 amide bonds. The van der Waals surface area contributed by atoms with Gasteiger partial charge in [0.1, 0.15) is 17.2 Å². The molecule has 2 aromatic heterocycles. The zero-order valence-corrected chi connectivity index (χ0v) is 20.9. The average Bonchev–Trinajstić information content (AvgIpc) is 3.33. The Balaban J connectivity index is 1.90. The Morgan fingerprint density at radius 3 is 2.50 bits per heavy atom. The summed E-state index contributed by atoms with van der Waals surface area (Å²) in [6.45, 7) is 3.74. The number of nitrogens with zero attached hydrogens (tertiary/aromatic N) is 5. The van der Waals surface area contributed by atoms with Gasteiger partial charge < -0.3 is 15.0 Å². The molecular weight excluding hydrogens is 497 g/mol. The molecule has 192 valence electrons. The lowest BCUT2D eigenvalue weighted by Gasteiger charge is -2.31. The normalized spacial score (nSPS) is 15.1. The van der Waals surface area contributed by atoms with Gasteiger partial charge in [-0.15, -0.1) is 0 Å². The number of rotatable bonds is 9. The lowest BCUT2D eigenvalue weighted by molar-refractivity contribution is 0.0815. The highest BCUT2D eigenvalue weighted by Gasteiger charge is 2.39. The third-order valence-electron chi connectivity index (χ3n) is 5.47. The summed E-state index contributed by atoms with van der Waals surface area (Å²) in [6, 6.07) is 7.63. The van der Waals surface area contributed by atoms with E-state index in [1.165, 1.54) is 64.5 Å². The number of hydrogen-bond donors (Lipinski definition) is 1. The molecule has 0 saturated heterocycles.